The monoisotopic (exact) mass is 292 g/mol. The van der Waals surface area contributed by atoms with Crippen molar-refractivity contribution in [2.24, 2.45) is 5.84 Å². The van der Waals surface area contributed by atoms with Gasteiger partial charge in [0.05, 0.1) is 11.6 Å². The highest BCUT2D eigenvalue weighted by Gasteiger charge is 2.34. The molecular formula is C16H15F3N2. The summed E-state index contributed by atoms with van der Waals surface area (Å²) in [7, 11) is 0. The summed E-state index contributed by atoms with van der Waals surface area (Å²) in [6.07, 6.45) is -3.43. The number of benzene rings is 2. The first-order valence-electron chi connectivity index (χ1n) is 6.72. The maximum atomic E-state index is 12.6. The molecule has 2 unspecified atom stereocenters. The Balaban J connectivity index is 1.85. The Labute approximate surface area is 120 Å². The molecule has 0 amide bonds. The number of halogens is 3. The Morgan fingerprint density at radius 3 is 2.29 bits per heavy atom. The van der Waals surface area contributed by atoms with Crippen molar-refractivity contribution in [3.63, 3.8) is 0 Å². The predicted molar refractivity (Wildman–Crippen MR) is 74.4 cm³/mol. The third-order valence-corrected chi connectivity index (χ3v) is 4.07. The molecule has 3 N–H and O–H groups in total. The van der Waals surface area contributed by atoms with E-state index >= 15 is 0 Å². The minimum Gasteiger partial charge on any atom is -0.271 e. The zero-order chi connectivity index (χ0) is 15.0. The third kappa shape index (κ3) is 2.54. The van der Waals surface area contributed by atoms with Crippen LogP contribution in [0, 0.1) is 0 Å². The fourth-order valence-corrected chi connectivity index (χ4v) is 2.92. The van der Waals surface area contributed by atoms with Gasteiger partial charge in [-0.05, 0) is 35.2 Å². The van der Waals surface area contributed by atoms with Gasteiger partial charge >= 0.3 is 6.18 Å². The second-order valence-corrected chi connectivity index (χ2v) is 5.27. The van der Waals surface area contributed by atoms with Crippen molar-refractivity contribution in [3.8, 4) is 0 Å². The lowest BCUT2D eigenvalue weighted by Crippen LogP contribution is -2.37. The highest BCUT2D eigenvalue weighted by Crippen LogP contribution is 2.43. The van der Waals surface area contributed by atoms with Gasteiger partial charge in [-0.25, -0.2) is 0 Å². The van der Waals surface area contributed by atoms with Crippen LogP contribution in [-0.2, 0) is 12.6 Å². The van der Waals surface area contributed by atoms with Crippen LogP contribution in [0.2, 0.25) is 0 Å². The van der Waals surface area contributed by atoms with E-state index in [-0.39, 0.29) is 12.0 Å². The van der Waals surface area contributed by atoms with Gasteiger partial charge in [-0.2, -0.15) is 13.2 Å². The highest BCUT2D eigenvalue weighted by molar-refractivity contribution is 5.43. The minimum absolute atomic E-state index is 0.179. The summed E-state index contributed by atoms with van der Waals surface area (Å²) in [6.45, 7) is 0. The molecule has 0 aliphatic heterocycles. The van der Waals surface area contributed by atoms with Crippen LogP contribution >= 0.6 is 0 Å². The molecule has 0 radical (unpaired) electrons. The van der Waals surface area contributed by atoms with E-state index in [1.165, 1.54) is 23.3 Å². The van der Waals surface area contributed by atoms with E-state index in [0.717, 1.165) is 24.1 Å². The second kappa shape index (κ2) is 5.16. The summed E-state index contributed by atoms with van der Waals surface area (Å²) in [5, 5.41) is 0. The van der Waals surface area contributed by atoms with Gasteiger partial charge in [0.1, 0.15) is 0 Å². The summed E-state index contributed by atoms with van der Waals surface area (Å²) >= 11 is 0. The molecule has 0 aromatic heterocycles. The van der Waals surface area contributed by atoms with Crippen LogP contribution in [0.25, 0.3) is 0 Å². The normalized spacial score (nSPS) is 18.8. The molecule has 5 heteroatoms. The summed E-state index contributed by atoms with van der Waals surface area (Å²) in [4.78, 5) is 0. The van der Waals surface area contributed by atoms with Crippen molar-refractivity contribution < 1.29 is 13.2 Å². The molecule has 0 fully saturated rings. The molecule has 1 aliphatic rings. The van der Waals surface area contributed by atoms with E-state index in [1.54, 1.807) is 0 Å². The van der Waals surface area contributed by atoms with Crippen molar-refractivity contribution in [2.75, 3.05) is 0 Å². The predicted octanol–water partition coefficient (Wildman–Crippen LogP) is 3.55. The molecule has 0 spiro atoms. The fourth-order valence-electron chi connectivity index (χ4n) is 2.92. The zero-order valence-electron chi connectivity index (χ0n) is 11.2. The lowest BCUT2D eigenvalue weighted by molar-refractivity contribution is -0.137. The van der Waals surface area contributed by atoms with Crippen LogP contribution < -0.4 is 11.3 Å². The number of nitrogens with one attached hydrogen (secondary N) is 1. The number of fused-ring (bicyclic) bond motifs is 1. The fraction of sp³-hybridized carbons (Fsp3) is 0.250. The van der Waals surface area contributed by atoms with E-state index in [1.807, 2.05) is 18.2 Å². The standard InChI is InChI=1S/C16H15F3N2/c17-16(18,19)12-7-5-10(6-8-12)15(21-20)14-9-11-3-1-2-4-13(11)14/h1-8,14-15,21H,9,20H2. The molecule has 1 aliphatic carbocycles. The van der Waals surface area contributed by atoms with Crippen LogP contribution in [0.1, 0.15) is 34.2 Å². The SMILES string of the molecule is NNC(c1ccc(C(F)(F)F)cc1)C1Cc2ccccc21. The number of hydrogen-bond donors (Lipinski definition) is 2. The first-order valence-corrected chi connectivity index (χ1v) is 6.72. The van der Waals surface area contributed by atoms with E-state index in [0.29, 0.717) is 0 Å². The van der Waals surface area contributed by atoms with Gasteiger partial charge < -0.3 is 0 Å². The van der Waals surface area contributed by atoms with Gasteiger partial charge in [-0.15, -0.1) is 0 Å². The highest BCUT2D eigenvalue weighted by atomic mass is 19.4. The Bertz CT molecular complexity index is 635. The van der Waals surface area contributed by atoms with Crippen LogP contribution in [0.3, 0.4) is 0 Å². The van der Waals surface area contributed by atoms with Crippen LogP contribution in [-0.4, -0.2) is 0 Å². The molecule has 2 aromatic carbocycles. The first kappa shape index (κ1) is 14.1. The second-order valence-electron chi connectivity index (χ2n) is 5.27. The maximum absolute atomic E-state index is 12.6. The lowest BCUT2D eigenvalue weighted by Gasteiger charge is -2.36. The Kier molecular flexibility index (Phi) is 3.47. The quantitative estimate of drug-likeness (QED) is 0.670. The van der Waals surface area contributed by atoms with Gasteiger partial charge in [0.2, 0.25) is 0 Å². The van der Waals surface area contributed by atoms with Crippen molar-refractivity contribution in [1.82, 2.24) is 5.43 Å². The summed E-state index contributed by atoms with van der Waals surface area (Å²) in [5.41, 5.74) is 5.35. The van der Waals surface area contributed by atoms with Crippen LogP contribution in [0.4, 0.5) is 13.2 Å². The van der Waals surface area contributed by atoms with Gasteiger partial charge in [0.15, 0.2) is 0 Å². The molecule has 0 saturated carbocycles. The minimum atomic E-state index is -4.31. The smallest absolute Gasteiger partial charge is 0.271 e. The molecule has 2 aromatic rings. The van der Waals surface area contributed by atoms with E-state index < -0.39 is 11.7 Å². The molecule has 2 atom stereocenters. The molecule has 3 rings (SSSR count). The van der Waals surface area contributed by atoms with Crippen molar-refractivity contribution in [1.29, 1.82) is 0 Å². The van der Waals surface area contributed by atoms with Crippen LogP contribution in [0.15, 0.2) is 48.5 Å². The van der Waals surface area contributed by atoms with Crippen molar-refractivity contribution in [3.05, 3.63) is 70.8 Å². The average molecular weight is 292 g/mol. The molecular weight excluding hydrogens is 277 g/mol. The van der Waals surface area contributed by atoms with Crippen molar-refractivity contribution in [2.45, 2.75) is 24.6 Å². The van der Waals surface area contributed by atoms with E-state index in [2.05, 4.69) is 11.5 Å². The molecule has 110 valence electrons. The van der Waals surface area contributed by atoms with Crippen LogP contribution in [0.5, 0.6) is 0 Å². The number of hydrazine groups is 1. The first-order chi connectivity index (χ1) is 10.0. The number of nitrogens with two attached hydrogens (primary N) is 1. The summed E-state index contributed by atoms with van der Waals surface area (Å²) in [6, 6.07) is 13.1. The lowest BCUT2D eigenvalue weighted by atomic mass is 9.72. The third-order valence-electron chi connectivity index (χ3n) is 4.07. The Morgan fingerprint density at radius 1 is 1.05 bits per heavy atom. The number of alkyl halides is 3. The van der Waals surface area contributed by atoms with Crippen molar-refractivity contribution >= 4 is 0 Å². The topological polar surface area (TPSA) is 38.0 Å². The zero-order valence-corrected chi connectivity index (χ0v) is 11.2. The summed E-state index contributed by atoms with van der Waals surface area (Å²) < 4.78 is 37.8. The molecule has 0 bridgehead atoms. The maximum Gasteiger partial charge on any atom is 0.416 e. The number of rotatable bonds is 3. The number of hydrogen-bond acceptors (Lipinski definition) is 2. The van der Waals surface area contributed by atoms with Gasteiger partial charge in [0, 0.05) is 5.92 Å². The average Bonchev–Trinajstić information content (AvgIpc) is 2.44. The van der Waals surface area contributed by atoms with Gasteiger partial charge in [-0.1, -0.05) is 36.4 Å². The molecule has 2 nitrogen and oxygen atoms in total. The molecule has 0 saturated heterocycles. The van der Waals surface area contributed by atoms with E-state index in [9.17, 15) is 13.2 Å². The molecule has 0 heterocycles. The van der Waals surface area contributed by atoms with E-state index in [4.69, 9.17) is 5.84 Å². The Morgan fingerprint density at radius 2 is 1.71 bits per heavy atom. The largest absolute Gasteiger partial charge is 0.416 e. The molecule has 21 heavy (non-hydrogen) atoms. The van der Waals surface area contributed by atoms with Gasteiger partial charge in [0.25, 0.3) is 0 Å². The Hall–Kier alpha value is -1.85. The summed E-state index contributed by atoms with van der Waals surface area (Å²) in [5.74, 6) is 5.82. The van der Waals surface area contributed by atoms with Gasteiger partial charge in [-0.3, -0.25) is 11.3 Å².